The van der Waals surface area contributed by atoms with E-state index in [-0.39, 0.29) is 23.7 Å². The third kappa shape index (κ3) is 3.08. The average molecular weight is 278 g/mol. The van der Waals surface area contributed by atoms with E-state index >= 15 is 0 Å². The molecule has 1 saturated heterocycles. The smallest absolute Gasteiger partial charge is 0.336 e. The van der Waals surface area contributed by atoms with Gasteiger partial charge in [-0.25, -0.2) is 9.59 Å². The molecule has 20 heavy (non-hydrogen) atoms. The Kier molecular flexibility index (Phi) is 4.24. The summed E-state index contributed by atoms with van der Waals surface area (Å²) in [6.07, 6.45) is 0.773. The van der Waals surface area contributed by atoms with E-state index in [1.807, 2.05) is 6.92 Å². The van der Waals surface area contributed by atoms with Gasteiger partial charge in [-0.15, -0.1) is 0 Å². The fraction of sp³-hybridized carbons (Fsp3) is 0.429. The first-order valence-electron chi connectivity index (χ1n) is 6.51. The fourth-order valence-electron chi connectivity index (χ4n) is 2.25. The van der Waals surface area contributed by atoms with Gasteiger partial charge >= 0.3 is 12.0 Å². The van der Waals surface area contributed by atoms with Gasteiger partial charge in [0.2, 0.25) is 0 Å². The maximum atomic E-state index is 11.9. The molecule has 1 aliphatic heterocycles. The van der Waals surface area contributed by atoms with Crippen LogP contribution in [0.5, 0.6) is 0 Å². The number of carbonyl (C=O) groups is 2. The number of hydrogen-bond donors (Lipinski definition) is 3. The molecule has 2 amide bonds. The van der Waals surface area contributed by atoms with E-state index in [9.17, 15) is 9.59 Å². The maximum absolute atomic E-state index is 11.9. The highest BCUT2D eigenvalue weighted by Gasteiger charge is 2.25. The highest BCUT2D eigenvalue weighted by Crippen LogP contribution is 2.19. The van der Waals surface area contributed by atoms with E-state index in [2.05, 4.69) is 10.6 Å². The average Bonchev–Trinajstić information content (AvgIpc) is 2.77. The molecular weight excluding hydrogens is 260 g/mol. The second-order valence-electron chi connectivity index (χ2n) is 4.85. The molecule has 1 aromatic carbocycles. The molecule has 2 atom stereocenters. The van der Waals surface area contributed by atoms with Crippen molar-refractivity contribution in [2.75, 3.05) is 11.9 Å². The summed E-state index contributed by atoms with van der Waals surface area (Å²) in [5, 5.41) is 14.6. The predicted octanol–water partition coefficient (Wildman–Crippen LogP) is 1.99. The summed E-state index contributed by atoms with van der Waals surface area (Å²) in [5.41, 5.74) is 1.21. The number of rotatable bonds is 3. The third-order valence-electron chi connectivity index (χ3n) is 3.51. The zero-order valence-corrected chi connectivity index (χ0v) is 11.5. The van der Waals surface area contributed by atoms with E-state index in [0.717, 1.165) is 6.42 Å². The molecule has 6 heteroatoms. The first-order chi connectivity index (χ1) is 9.49. The van der Waals surface area contributed by atoms with Crippen molar-refractivity contribution in [3.63, 3.8) is 0 Å². The minimum atomic E-state index is -1.01. The monoisotopic (exact) mass is 278 g/mol. The number of carbonyl (C=O) groups excluding carboxylic acids is 1. The maximum Gasteiger partial charge on any atom is 0.336 e. The van der Waals surface area contributed by atoms with Crippen molar-refractivity contribution < 1.29 is 19.4 Å². The van der Waals surface area contributed by atoms with Crippen LogP contribution in [0.15, 0.2) is 18.2 Å². The zero-order valence-electron chi connectivity index (χ0n) is 11.5. The lowest BCUT2D eigenvalue weighted by molar-refractivity contribution is 0.0696. The van der Waals surface area contributed by atoms with Gasteiger partial charge in [0.05, 0.1) is 17.7 Å². The van der Waals surface area contributed by atoms with Gasteiger partial charge in [0, 0.05) is 12.3 Å². The summed E-state index contributed by atoms with van der Waals surface area (Å²) in [5.74, 6) is -1.01. The van der Waals surface area contributed by atoms with E-state index in [4.69, 9.17) is 9.84 Å². The molecule has 3 N–H and O–H groups in total. The molecule has 0 aliphatic carbocycles. The predicted molar refractivity (Wildman–Crippen MR) is 74.1 cm³/mol. The lowest BCUT2D eigenvalue weighted by Crippen LogP contribution is -2.41. The topological polar surface area (TPSA) is 87.7 Å². The first-order valence-corrected chi connectivity index (χ1v) is 6.51. The first kappa shape index (κ1) is 14.3. The lowest BCUT2D eigenvalue weighted by atomic mass is 10.1. The summed E-state index contributed by atoms with van der Waals surface area (Å²) in [7, 11) is 0. The van der Waals surface area contributed by atoms with E-state index in [0.29, 0.717) is 17.9 Å². The highest BCUT2D eigenvalue weighted by molar-refractivity contribution is 5.95. The van der Waals surface area contributed by atoms with Gasteiger partial charge in [-0.2, -0.15) is 0 Å². The van der Waals surface area contributed by atoms with Crippen LogP contribution in [0.3, 0.4) is 0 Å². The van der Waals surface area contributed by atoms with Crippen LogP contribution in [0.1, 0.15) is 29.3 Å². The molecule has 6 nitrogen and oxygen atoms in total. The third-order valence-corrected chi connectivity index (χ3v) is 3.51. The molecular formula is C14H18N2O4. The molecule has 0 radical (unpaired) electrons. The van der Waals surface area contributed by atoms with Gasteiger partial charge in [0.25, 0.3) is 0 Å². The molecule has 2 rings (SSSR count). The highest BCUT2D eigenvalue weighted by atomic mass is 16.5. The van der Waals surface area contributed by atoms with Crippen molar-refractivity contribution in [1.29, 1.82) is 0 Å². The summed E-state index contributed by atoms with van der Waals surface area (Å²) < 4.78 is 5.37. The van der Waals surface area contributed by atoms with Crippen LogP contribution >= 0.6 is 0 Å². The number of amides is 2. The number of ether oxygens (including phenoxy) is 1. The molecule has 2 unspecified atom stereocenters. The Bertz CT molecular complexity index is 530. The molecule has 1 heterocycles. The molecule has 108 valence electrons. The van der Waals surface area contributed by atoms with Crippen molar-refractivity contribution in [2.45, 2.75) is 32.4 Å². The standard InChI is InChI=1S/C14H18N2O4/c1-8-10(13(17)18)4-3-5-11(8)15-14(19)16-12-6-7-20-9(12)2/h3-5,9,12H,6-7H2,1-2H3,(H,17,18)(H2,15,16,19). The molecule has 0 spiro atoms. The quantitative estimate of drug-likeness (QED) is 0.789. The number of benzene rings is 1. The number of hydrogen-bond acceptors (Lipinski definition) is 3. The van der Waals surface area contributed by atoms with E-state index in [1.165, 1.54) is 6.07 Å². The van der Waals surface area contributed by atoms with Crippen LogP contribution in [0.2, 0.25) is 0 Å². The Balaban J connectivity index is 2.04. The van der Waals surface area contributed by atoms with Crippen molar-refractivity contribution in [3.8, 4) is 0 Å². The Morgan fingerprint density at radius 3 is 2.75 bits per heavy atom. The number of nitrogens with one attached hydrogen (secondary N) is 2. The summed E-state index contributed by atoms with van der Waals surface area (Å²) in [6.45, 7) is 4.22. The van der Waals surface area contributed by atoms with Gasteiger partial charge in [0.15, 0.2) is 0 Å². The van der Waals surface area contributed by atoms with Gasteiger partial charge in [0.1, 0.15) is 0 Å². The number of urea groups is 1. The Morgan fingerprint density at radius 2 is 2.15 bits per heavy atom. The second kappa shape index (κ2) is 5.92. The lowest BCUT2D eigenvalue weighted by Gasteiger charge is -2.17. The molecule has 1 aromatic rings. The second-order valence-corrected chi connectivity index (χ2v) is 4.85. The number of carboxylic acid groups (broad SMARTS) is 1. The SMILES string of the molecule is Cc1c(NC(=O)NC2CCOC2C)cccc1C(=O)O. The normalized spacial score (nSPS) is 21.5. The Morgan fingerprint density at radius 1 is 1.40 bits per heavy atom. The molecule has 1 fully saturated rings. The van der Waals surface area contributed by atoms with Crippen molar-refractivity contribution in [2.24, 2.45) is 0 Å². The van der Waals surface area contributed by atoms with E-state index < -0.39 is 5.97 Å². The number of carboxylic acids is 1. The number of aromatic carboxylic acids is 1. The summed E-state index contributed by atoms with van der Waals surface area (Å²) in [6, 6.07) is 4.42. The van der Waals surface area contributed by atoms with Crippen LogP contribution in [-0.2, 0) is 4.74 Å². The fourth-order valence-corrected chi connectivity index (χ4v) is 2.25. The van der Waals surface area contributed by atoms with Gasteiger partial charge in [-0.1, -0.05) is 6.07 Å². The molecule has 0 saturated carbocycles. The van der Waals surface area contributed by atoms with Gasteiger partial charge in [-0.3, -0.25) is 0 Å². The number of anilines is 1. The molecule has 1 aliphatic rings. The van der Waals surface area contributed by atoms with Crippen LogP contribution < -0.4 is 10.6 Å². The van der Waals surface area contributed by atoms with Crippen LogP contribution in [0.4, 0.5) is 10.5 Å². The Labute approximate surface area is 117 Å². The largest absolute Gasteiger partial charge is 0.478 e. The van der Waals surface area contributed by atoms with Crippen molar-refractivity contribution >= 4 is 17.7 Å². The summed E-state index contributed by atoms with van der Waals surface area (Å²) >= 11 is 0. The molecule has 0 bridgehead atoms. The van der Waals surface area contributed by atoms with Gasteiger partial charge < -0.3 is 20.5 Å². The van der Waals surface area contributed by atoms with Gasteiger partial charge in [-0.05, 0) is 38.0 Å². The minimum absolute atomic E-state index is 0.00722. The van der Waals surface area contributed by atoms with Crippen molar-refractivity contribution in [1.82, 2.24) is 5.32 Å². The van der Waals surface area contributed by atoms with Crippen LogP contribution in [0.25, 0.3) is 0 Å². The minimum Gasteiger partial charge on any atom is -0.478 e. The van der Waals surface area contributed by atoms with Crippen LogP contribution in [-0.4, -0.2) is 35.9 Å². The Hall–Kier alpha value is -2.08. The molecule has 0 aromatic heterocycles. The van der Waals surface area contributed by atoms with Crippen LogP contribution in [0, 0.1) is 6.92 Å². The zero-order chi connectivity index (χ0) is 14.7. The van der Waals surface area contributed by atoms with E-state index in [1.54, 1.807) is 19.1 Å². The summed E-state index contributed by atoms with van der Waals surface area (Å²) in [4.78, 5) is 23.0. The van der Waals surface area contributed by atoms with Crippen molar-refractivity contribution in [3.05, 3.63) is 29.3 Å².